The summed E-state index contributed by atoms with van der Waals surface area (Å²) >= 11 is 0. The highest BCUT2D eigenvalue weighted by Gasteiger charge is 2.20. The quantitative estimate of drug-likeness (QED) is 0.718. The van der Waals surface area contributed by atoms with Gasteiger partial charge >= 0.3 is 0 Å². The van der Waals surface area contributed by atoms with Crippen LogP contribution in [-0.2, 0) is 6.54 Å². The molecule has 1 aromatic rings. The molecule has 86 valence electrons. The van der Waals surface area contributed by atoms with E-state index in [1.807, 2.05) is 0 Å². The van der Waals surface area contributed by atoms with Gasteiger partial charge in [-0.25, -0.2) is 0 Å². The first-order valence-electron chi connectivity index (χ1n) is 5.65. The van der Waals surface area contributed by atoms with Gasteiger partial charge in [0.1, 0.15) is 6.54 Å². The van der Waals surface area contributed by atoms with Crippen molar-refractivity contribution < 1.29 is 4.48 Å². The molecule has 0 saturated carbocycles. The smallest absolute Gasteiger partial charge is 0.104 e. The molecule has 0 aliphatic heterocycles. The minimum absolute atomic E-state index is 0. The normalized spacial score (nSPS) is 10.9. The van der Waals surface area contributed by atoms with E-state index in [1.165, 1.54) is 36.2 Å². The van der Waals surface area contributed by atoms with Gasteiger partial charge < -0.3 is 4.48 Å². The molecule has 0 aliphatic rings. The van der Waals surface area contributed by atoms with E-state index in [1.54, 1.807) is 0 Å². The van der Waals surface area contributed by atoms with Crippen LogP contribution in [0, 0.1) is 0 Å². The zero-order valence-corrected chi connectivity index (χ0v) is 11.8. The van der Waals surface area contributed by atoms with E-state index in [4.69, 9.17) is 0 Å². The maximum absolute atomic E-state index is 2.29. The Hall–Kier alpha value is -0.340. The van der Waals surface area contributed by atoms with Gasteiger partial charge in [0.25, 0.3) is 0 Å². The van der Waals surface area contributed by atoms with Crippen molar-refractivity contribution in [3.8, 4) is 0 Å². The average molecular weight is 273 g/mol. The summed E-state index contributed by atoms with van der Waals surface area (Å²) in [6.07, 6.45) is 0. The zero-order valence-electron chi connectivity index (χ0n) is 10.1. The maximum Gasteiger partial charge on any atom is 0.104 e. The molecule has 1 aromatic carbocycles. The van der Waals surface area contributed by atoms with Gasteiger partial charge in [-0.05, 0) is 20.8 Å². The molecule has 0 aromatic heterocycles. The van der Waals surface area contributed by atoms with E-state index in [0.717, 1.165) is 0 Å². The van der Waals surface area contributed by atoms with Crippen LogP contribution in [0.3, 0.4) is 0 Å². The molecular formula is C13H23BrN+. The Labute approximate surface area is 104 Å². The summed E-state index contributed by atoms with van der Waals surface area (Å²) in [7, 11) is 0. The van der Waals surface area contributed by atoms with Gasteiger partial charge in [0.05, 0.1) is 19.6 Å². The molecule has 0 radical (unpaired) electrons. The molecule has 0 atom stereocenters. The van der Waals surface area contributed by atoms with Crippen molar-refractivity contribution in [3.63, 3.8) is 0 Å². The Bertz CT molecular complexity index is 246. The number of hydrogen-bond donors (Lipinski definition) is 0. The number of quaternary nitrogens is 1. The lowest BCUT2D eigenvalue weighted by atomic mass is 10.2. The summed E-state index contributed by atoms with van der Waals surface area (Å²) < 4.78 is 1.20. The summed E-state index contributed by atoms with van der Waals surface area (Å²) in [5, 5.41) is 0. The molecule has 0 unspecified atom stereocenters. The minimum atomic E-state index is 0. The van der Waals surface area contributed by atoms with Crippen LogP contribution in [0.25, 0.3) is 0 Å². The Morgan fingerprint density at radius 1 is 0.867 bits per heavy atom. The first-order valence-corrected chi connectivity index (χ1v) is 5.65. The molecule has 0 fully saturated rings. The van der Waals surface area contributed by atoms with E-state index in [2.05, 4.69) is 51.1 Å². The molecule has 0 aliphatic carbocycles. The monoisotopic (exact) mass is 272 g/mol. The van der Waals surface area contributed by atoms with E-state index in [-0.39, 0.29) is 17.0 Å². The van der Waals surface area contributed by atoms with Crippen molar-refractivity contribution in [1.29, 1.82) is 0 Å². The number of hydrogen-bond acceptors (Lipinski definition) is 0. The van der Waals surface area contributed by atoms with Crippen molar-refractivity contribution >= 4 is 17.0 Å². The predicted octanol–water partition coefficient (Wildman–Crippen LogP) is 3.64. The van der Waals surface area contributed by atoms with Gasteiger partial charge in [0.2, 0.25) is 0 Å². The molecule has 2 heteroatoms. The van der Waals surface area contributed by atoms with Gasteiger partial charge in [-0.2, -0.15) is 0 Å². The fraction of sp³-hybridized carbons (Fsp3) is 0.538. The van der Waals surface area contributed by atoms with E-state index < -0.39 is 0 Å². The van der Waals surface area contributed by atoms with Crippen LogP contribution < -0.4 is 0 Å². The first kappa shape index (κ1) is 14.7. The molecule has 15 heavy (non-hydrogen) atoms. The highest BCUT2D eigenvalue weighted by molar-refractivity contribution is 8.93. The summed E-state index contributed by atoms with van der Waals surface area (Å²) in [6, 6.07) is 10.8. The summed E-state index contributed by atoms with van der Waals surface area (Å²) in [5.74, 6) is 0. The third-order valence-electron chi connectivity index (χ3n) is 3.37. The molecule has 0 heterocycles. The Morgan fingerprint density at radius 2 is 1.33 bits per heavy atom. The summed E-state index contributed by atoms with van der Waals surface area (Å²) in [5.41, 5.74) is 1.46. The maximum atomic E-state index is 2.29. The molecule has 0 spiro atoms. The fourth-order valence-electron chi connectivity index (χ4n) is 1.98. The van der Waals surface area contributed by atoms with Crippen molar-refractivity contribution in [1.82, 2.24) is 0 Å². The molecule has 0 N–H and O–H groups in total. The van der Waals surface area contributed by atoms with Crippen LogP contribution in [0.5, 0.6) is 0 Å². The Morgan fingerprint density at radius 3 is 1.73 bits per heavy atom. The largest absolute Gasteiger partial charge is 0.321 e. The van der Waals surface area contributed by atoms with Gasteiger partial charge in [0, 0.05) is 5.56 Å². The summed E-state index contributed by atoms with van der Waals surface area (Å²) in [4.78, 5) is 0. The van der Waals surface area contributed by atoms with Crippen LogP contribution in [0.4, 0.5) is 0 Å². The number of rotatable bonds is 5. The molecule has 1 rings (SSSR count). The van der Waals surface area contributed by atoms with Crippen LogP contribution in [0.1, 0.15) is 26.3 Å². The number of halogens is 1. The molecular weight excluding hydrogens is 250 g/mol. The molecule has 1 nitrogen and oxygen atoms in total. The minimum Gasteiger partial charge on any atom is -0.321 e. The third-order valence-corrected chi connectivity index (χ3v) is 3.37. The highest BCUT2D eigenvalue weighted by atomic mass is 79.9. The zero-order chi connectivity index (χ0) is 10.4. The van der Waals surface area contributed by atoms with Gasteiger partial charge in [0.15, 0.2) is 0 Å². The standard InChI is InChI=1S/C13H22N.BrH/c1-4-14(5-2,6-3)12-13-10-8-7-9-11-13;/h7-11H,4-6,12H2,1-3H3;1H/q+1;. The summed E-state index contributed by atoms with van der Waals surface area (Å²) in [6.45, 7) is 11.7. The number of nitrogens with zero attached hydrogens (tertiary/aromatic N) is 1. The molecule has 0 amide bonds. The van der Waals surface area contributed by atoms with Crippen molar-refractivity contribution in [2.24, 2.45) is 0 Å². The second kappa shape index (κ2) is 7.02. The topological polar surface area (TPSA) is 0 Å². The molecule has 0 saturated heterocycles. The van der Waals surface area contributed by atoms with Crippen LogP contribution in [0.15, 0.2) is 30.3 Å². The number of benzene rings is 1. The molecule has 0 bridgehead atoms. The lowest BCUT2D eigenvalue weighted by Crippen LogP contribution is -2.46. The predicted molar refractivity (Wildman–Crippen MR) is 72.4 cm³/mol. The van der Waals surface area contributed by atoms with E-state index in [0.29, 0.717) is 0 Å². The van der Waals surface area contributed by atoms with Gasteiger partial charge in [-0.3, -0.25) is 0 Å². The van der Waals surface area contributed by atoms with Gasteiger partial charge in [-0.15, -0.1) is 17.0 Å². The average Bonchev–Trinajstić information content (AvgIpc) is 2.28. The second-order valence-electron chi connectivity index (χ2n) is 3.93. The first-order chi connectivity index (χ1) is 6.76. The highest BCUT2D eigenvalue weighted by Crippen LogP contribution is 2.13. The van der Waals surface area contributed by atoms with E-state index >= 15 is 0 Å². The lowest BCUT2D eigenvalue weighted by molar-refractivity contribution is -0.936. The fourth-order valence-corrected chi connectivity index (χ4v) is 1.98. The van der Waals surface area contributed by atoms with Crippen molar-refractivity contribution in [2.45, 2.75) is 27.3 Å². The van der Waals surface area contributed by atoms with Crippen LogP contribution in [0.2, 0.25) is 0 Å². The second-order valence-corrected chi connectivity index (χ2v) is 3.93. The van der Waals surface area contributed by atoms with E-state index in [9.17, 15) is 0 Å². The third kappa shape index (κ3) is 3.96. The SMILES string of the molecule is Br.CC[N+](CC)(CC)Cc1ccccc1. The van der Waals surface area contributed by atoms with Crippen LogP contribution >= 0.6 is 17.0 Å². The lowest BCUT2D eigenvalue weighted by Gasteiger charge is -2.35. The van der Waals surface area contributed by atoms with Crippen molar-refractivity contribution in [3.05, 3.63) is 35.9 Å². The Balaban J connectivity index is 0.00000196. The van der Waals surface area contributed by atoms with Gasteiger partial charge in [-0.1, -0.05) is 30.3 Å². The Kier molecular flexibility index (Phi) is 6.86. The van der Waals surface area contributed by atoms with Crippen molar-refractivity contribution in [2.75, 3.05) is 19.6 Å². The van der Waals surface area contributed by atoms with Crippen LogP contribution in [-0.4, -0.2) is 24.1 Å².